The number of hydrogen-bond acceptors (Lipinski definition) is 8. The van der Waals surface area contributed by atoms with E-state index in [2.05, 4.69) is 15.4 Å². The molecule has 4 rings (SSSR count). The number of carbonyl (C=O) groups is 3. The minimum atomic E-state index is -4.62. The number of amides is 2. The van der Waals surface area contributed by atoms with E-state index in [1.807, 2.05) is 17.9 Å². The summed E-state index contributed by atoms with van der Waals surface area (Å²) in [6.45, 7) is 3.69. The molecule has 2 amide bonds. The Morgan fingerprint density at radius 1 is 1.20 bits per heavy atom. The third-order valence-electron chi connectivity index (χ3n) is 7.13. The number of morpholine rings is 1. The van der Waals surface area contributed by atoms with Gasteiger partial charge in [-0.2, -0.15) is 13.2 Å². The van der Waals surface area contributed by atoms with Crippen molar-refractivity contribution in [3.05, 3.63) is 45.8 Å². The number of esters is 1. The monoisotopic (exact) mass is 597 g/mol. The summed E-state index contributed by atoms with van der Waals surface area (Å²) in [5.41, 5.74) is -0.0765. The van der Waals surface area contributed by atoms with E-state index < -0.39 is 29.9 Å². The number of alkyl carbamates (subject to hydrolysis) is 1. The number of aryl methyl sites for hydroxylation is 1. The molecule has 1 saturated heterocycles. The van der Waals surface area contributed by atoms with E-state index in [0.29, 0.717) is 43.0 Å². The second kappa shape index (κ2) is 13.2. The molecule has 0 spiro atoms. The highest BCUT2D eigenvalue weighted by Gasteiger charge is 2.41. The van der Waals surface area contributed by atoms with Gasteiger partial charge in [0.15, 0.2) is 0 Å². The molecule has 2 aromatic rings. The molecule has 2 aliphatic rings. The van der Waals surface area contributed by atoms with Crippen molar-refractivity contribution in [2.45, 2.75) is 57.0 Å². The van der Waals surface area contributed by atoms with E-state index in [0.717, 1.165) is 35.9 Å². The van der Waals surface area contributed by atoms with E-state index >= 15 is 0 Å². The average Bonchev–Trinajstić information content (AvgIpc) is 3.71. The first kappa shape index (κ1) is 30.8. The molecule has 1 aliphatic carbocycles. The Hall–Kier alpha value is -3.16. The standard InChI is InChI=1S/C28H34F3N3O6S/c1-16(34(19-7-8-19)25(35)22-15-32-11-12-40-22)23-13-17(5-4-10-33-27(37)39-3)24(41-23)21-14-18(28(29,30)31)6-9-20(21)26(36)38-2/h6,9,13-14,16,19,22,32H,4-5,7-8,10-12,15H2,1-3H3,(H,33,37)/t16-,22-/m1/s1. The molecule has 0 bridgehead atoms. The molecule has 1 aromatic heterocycles. The number of methoxy groups -OCH3 is 2. The number of nitrogens with one attached hydrogen (secondary N) is 2. The predicted molar refractivity (Wildman–Crippen MR) is 146 cm³/mol. The molecule has 13 heteroatoms. The molecular weight excluding hydrogens is 563 g/mol. The van der Waals surface area contributed by atoms with Crippen molar-refractivity contribution in [2.75, 3.05) is 40.5 Å². The third kappa shape index (κ3) is 7.38. The lowest BCUT2D eigenvalue weighted by molar-refractivity contribution is -0.148. The van der Waals surface area contributed by atoms with Crippen LogP contribution in [-0.4, -0.2) is 75.5 Å². The van der Waals surface area contributed by atoms with Crippen molar-refractivity contribution in [3.63, 3.8) is 0 Å². The Bertz CT molecular complexity index is 1260. The largest absolute Gasteiger partial charge is 0.465 e. The SMILES string of the molecule is COC(=O)NCCCc1cc([C@@H](C)N(C(=O)[C@H]2CNCCO2)C2CC2)sc1-c1cc(C(F)(F)F)ccc1C(=O)OC. The zero-order valence-corrected chi connectivity index (χ0v) is 24.0. The van der Waals surface area contributed by atoms with Gasteiger partial charge in [-0.15, -0.1) is 11.3 Å². The summed E-state index contributed by atoms with van der Waals surface area (Å²) in [5.74, 6) is -0.882. The third-order valence-corrected chi connectivity index (χ3v) is 8.51. The van der Waals surface area contributed by atoms with Gasteiger partial charge in [0, 0.05) is 41.0 Å². The first-order valence-corrected chi connectivity index (χ1v) is 14.3. The van der Waals surface area contributed by atoms with Crippen LogP contribution in [-0.2, 0) is 31.6 Å². The average molecular weight is 598 g/mol. The van der Waals surface area contributed by atoms with E-state index in [1.54, 1.807) is 0 Å². The summed E-state index contributed by atoms with van der Waals surface area (Å²) in [7, 11) is 2.43. The fourth-order valence-corrected chi connectivity index (χ4v) is 6.17. The fraction of sp³-hybridized carbons (Fsp3) is 0.536. The van der Waals surface area contributed by atoms with Crippen LogP contribution in [0.25, 0.3) is 10.4 Å². The van der Waals surface area contributed by atoms with Crippen LogP contribution in [0.3, 0.4) is 0 Å². The van der Waals surface area contributed by atoms with Crippen LogP contribution in [0.2, 0.25) is 0 Å². The second-order valence-electron chi connectivity index (χ2n) is 9.99. The molecule has 1 aromatic carbocycles. The fourth-order valence-electron chi connectivity index (χ4n) is 4.87. The van der Waals surface area contributed by atoms with E-state index in [4.69, 9.17) is 9.47 Å². The minimum absolute atomic E-state index is 0.00675. The maximum absolute atomic E-state index is 13.7. The van der Waals surface area contributed by atoms with Crippen LogP contribution < -0.4 is 10.6 Å². The van der Waals surface area contributed by atoms with Gasteiger partial charge in [-0.3, -0.25) is 4.79 Å². The summed E-state index contributed by atoms with van der Waals surface area (Å²) in [6, 6.07) is 4.52. The first-order valence-electron chi connectivity index (χ1n) is 13.4. The van der Waals surface area contributed by atoms with Gasteiger partial charge in [-0.1, -0.05) is 0 Å². The number of benzene rings is 1. The number of alkyl halides is 3. The maximum Gasteiger partial charge on any atom is 0.416 e. The van der Waals surface area contributed by atoms with Crippen molar-refractivity contribution in [1.29, 1.82) is 0 Å². The van der Waals surface area contributed by atoms with Crippen LogP contribution in [0.15, 0.2) is 24.3 Å². The Balaban J connectivity index is 1.74. The van der Waals surface area contributed by atoms with E-state index in [1.165, 1.54) is 25.6 Å². The van der Waals surface area contributed by atoms with E-state index in [-0.39, 0.29) is 35.7 Å². The number of thiophene rings is 1. The summed E-state index contributed by atoms with van der Waals surface area (Å²) >= 11 is 1.25. The van der Waals surface area contributed by atoms with Gasteiger partial charge in [-0.05, 0) is 62.4 Å². The van der Waals surface area contributed by atoms with Gasteiger partial charge in [0.2, 0.25) is 0 Å². The van der Waals surface area contributed by atoms with Crippen LogP contribution in [0, 0.1) is 0 Å². The molecule has 0 unspecified atom stereocenters. The topological polar surface area (TPSA) is 106 Å². The maximum atomic E-state index is 13.7. The van der Waals surface area contributed by atoms with Crippen LogP contribution in [0.4, 0.5) is 18.0 Å². The van der Waals surface area contributed by atoms with Crippen LogP contribution in [0.5, 0.6) is 0 Å². The molecule has 0 radical (unpaired) electrons. The number of halogens is 3. The summed E-state index contributed by atoms with van der Waals surface area (Å²) < 4.78 is 56.4. The van der Waals surface area contributed by atoms with Gasteiger partial charge in [0.05, 0.1) is 38.0 Å². The molecule has 2 atom stereocenters. The highest BCUT2D eigenvalue weighted by atomic mass is 32.1. The molecule has 2 fully saturated rings. The van der Waals surface area contributed by atoms with Gasteiger partial charge in [-0.25, -0.2) is 9.59 Å². The Kier molecular flexibility index (Phi) is 9.92. The summed E-state index contributed by atoms with van der Waals surface area (Å²) in [6.07, 6.45) is -3.23. The number of rotatable bonds is 10. The smallest absolute Gasteiger partial charge is 0.416 e. The Morgan fingerprint density at radius 2 is 1.95 bits per heavy atom. The van der Waals surface area contributed by atoms with Crippen molar-refractivity contribution >= 4 is 29.3 Å². The molecule has 2 N–H and O–H groups in total. The summed E-state index contributed by atoms with van der Waals surface area (Å²) in [4.78, 5) is 40.7. The van der Waals surface area contributed by atoms with Gasteiger partial charge >= 0.3 is 18.2 Å². The number of hydrogen-bond donors (Lipinski definition) is 2. The lowest BCUT2D eigenvalue weighted by Gasteiger charge is -2.33. The Morgan fingerprint density at radius 3 is 2.56 bits per heavy atom. The van der Waals surface area contributed by atoms with Crippen LogP contribution >= 0.6 is 11.3 Å². The summed E-state index contributed by atoms with van der Waals surface area (Å²) in [5, 5.41) is 5.78. The van der Waals surface area contributed by atoms with Gasteiger partial charge in [0.1, 0.15) is 6.10 Å². The zero-order chi connectivity index (χ0) is 29.7. The second-order valence-corrected chi connectivity index (χ2v) is 11.1. The minimum Gasteiger partial charge on any atom is -0.465 e. The first-order chi connectivity index (χ1) is 19.5. The molecule has 41 heavy (non-hydrogen) atoms. The van der Waals surface area contributed by atoms with Crippen molar-refractivity contribution in [2.24, 2.45) is 0 Å². The van der Waals surface area contributed by atoms with Crippen molar-refractivity contribution < 1.29 is 41.8 Å². The number of carbonyl (C=O) groups excluding carboxylic acids is 3. The Labute approximate surface area is 240 Å². The lowest BCUT2D eigenvalue weighted by Crippen LogP contribution is -2.50. The molecule has 224 valence electrons. The van der Waals surface area contributed by atoms with E-state index in [9.17, 15) is 27.6 Å². The molecule has 2 heterocycles. The molecular formula is C28H34F3N3O6S. The molecule has 1 saturated carbocycles. The zero-order valence-electron chi connectivity index (χ0n) is 23.1. The normalized spacial score (nSPS) is 18.0. The number of nitrogens with zero attached hydrogens (tertiary/aromatic N) is 1. The molecule has 1 aliphatic heterocycles. The molecule has 9 nitrogen and oxygen atoms in total. The van der Waals surface area contributed by atoms with Crippen molar-refractivity contribution in [1.82, 2.24) is 15.5 Å². The van der Waals surface area contributed by atoms with Gasteiger partial charge < -0.3 is 29.7 Å². The highest BCUT2D eigenvalue weighted by molar-refractivity contribution is 7.15. The number of ether oxygens (including phenoxy) is 3. The van der Waals surface area contributed by atoms with Crippen LogP contribution in [0.1, 0.15) is 58.6 Å². The lowest BCUT2D eigenvalue weighted by atomic mass is 9.98. The predicted octanol–water partition coefficient (Wildman–Crippen LogP) is 4.55. The highest BCUT2D eigenvalue weighted by Crippen LogP contribution is 2.44. The van der Waals surface area contributed by atoms with Crippen molar-refractivity contribution in [3.8, 4) is 10.4 Å². The van der Waals surface area contributed by atoms with Gasteiger partial charge in [0.25, 0.3) is 5.91 Å². The quantitative estimate of drug-likeness (QED) is 0.306.